The predicted octanol–water partition coefficient (Wildman–Crippen LogP) is 3.43. The Morgan fingerprint density at radius 3 is 2.21 bits per heavy atom. The molecule has 0 bridgehead atoms. The van der Waals surface area contributed by atoms with Crippen LogP contribution < -0.4 is 0 Å². The number of nitrogens with zero attached hydrogens (tertiary/aromatic N) is 3. The van der Waals surface area contributed by atoms with Crippen molar-refractivity contribution in [3.05, 3.63) is 77.2 Å². The van der Waals surface area contributed by atoms with Gasteiger partial charge in [0.05, 0.1) is 0 Å². The van der Waals surface area contributed by atoms with Gasteiger partial charge in [-0.2, -0.15) is 4.31 Å². The summed E-state index contributed by atoms with van der Waals surface area (Å²) in [4.78, 5) is 17.6. The molecule has 2 aliphatic heterocycles. The molecule has 0 radical (unpaired) electrons. The van der Waals surface area contributed by atoms with Gasteiger partial charge in [0.1, 0.15) is 0 Å². The molecule has 0 aromatic heterocycles. The molecule has 176 valence electrons. The minimum atomic E-state index is -3.48. The lowest BCUT2D eigenvalue weighted by molar-refractivity contribution is -0.136. The van der Waals surface area contributed by atoms with E-state index in [9.17, 15) is 13.2 Å². The Kier molecular flexibility index (Phi) is 7.96. The molecule has 33 heavy (non-hydrogen) atoms. The van der Waals surface area contributed by atoms with Crippen LogP contribution >= 0.6 is 0 Å². The maximum atomic E-state index is 13.2. The minimum absolute atomic E-state index is 0.0878. The van der Waals surface area contributed by atoms with Gasteiger partial charge in [0, 0.05) is 57.1 Å². The summed E-state index contributed by atoms with van der Waals surface area (Å²) in [6, 6.07) is 19.9. The summed E-state index contributed by atoms with van der Waals surface area (Å²) in [6.07, 6.45) is 3.77. The molecule has 7 heteroatoms. The van der Waals surface area contributed by atoms with E-state index in [0.717, 1.165) is 44.7 Å². The molecule has 0 unspecified atom stereocenters. The van der Waals surface area contributed by atoms with Gasteiger partial charge in [-0.15, -0.1) is 0 Å². The third-order valence-corrected chi connectivity index (χ3v) is 8.11. The van der Waals surface area contributed by atoms with Crippen molar-refractivity contribution in [2.45, 2.75) is 25.8 Å². The number of carbonyl (C=O) groups is 1. The van der Waals surface area contributed by atoms with Crippen molar-refractivity contribution in [3.8, 4) is 0 Å². The quantitative estimate of drug-likeness (QED) is 0.653. The monoisotopic (exact) mass is 467 g/mol. The molecular weight excluding hydrogens is 434 g/mol. The van der Waals surface area contributed by atoms with Crippen molar-refractivity contribution in [2.75, 3.05) is 39.3 Å². The summed E-state index contributed by atoms with van der Waals surface area (Å²) in [5.41, 5.74) is 2.15. The Morgan fingerprint density at radius 2 is 1.52 bits per heavy atom. The standard InChI is InChI=1S/C26H33N3O3S/c30-26(28-16-7-15-27(19-20-28)22-24-10-5-2-6-11-24)25-12-17-29(18-13-25)33(31,32)21-14-23-8-3-1-4-9-23/h1-6,8-11,14,21,25H,7,12-13,15-20,22H2/b21-14+. The summed E-state index contributed by atoms with van der Waals surface area (Å²) in [6.45, 7) is 5.08. The van der Waals surface area contributed by atoms with Crippen LogP contribution in [0.25, 0.3) is 6.08 Å². The van der Waals surface area contributed by atoms with Gasteiger partial charge in [0.25, 0.3) is 0 Å². The molecular formula is C26H33N3O3S. The van der Waals surface area contributed by atoms with Crippen LogP contribution in [0.3, 0.4) is 0 Å². The van der Waals surface area contributed by atoms with E-state index in [1.54, 1.807) is 6.08 Å². The number of piperidine rings is 1. The van der Waals surface area contributed by atoms with Gasteiger partial charge in [0.2, 0.25) is 15.9 Å². The van der Waals surface area contributed by atoms with Gasteiger partial charge < -0.3 is 4.90 Å². The average Bonchev–Trinajstić information content (AvgIpc) is 3.09. The molecule has 0 spiro atoms. The summed E-state index contributed by atoms with van der Waals surface area (Å²) in [5.74, 6) is 0.101. The second kappa shape index (κ2) is 11.1. The van der Waals surface area contributed by atoms with Crippen molar-refractivity contribution < 1.29 is 13.2 Å². The first kappa shape index (κ1) is 23.7. The number of hydrogen-bond acceptors (Lipinski definition) is 4. The number of sulfonamides is 1. The Bertz CT molecular complexity index is 1030. The summed E-state index contributed by atoms with van der Waals surface area (Å²) in [5, 5.41) is 1.28. The van der Waals surface area contributed by atoms with Gasteiger partial charge in [-0.25, -0.2) is 8.42 Å². The van der Waals surface area contributed by atoms with Gasteiger partial charge in [-0.05, 0) is 36.5 Å². The fourth-order valence-corrected chi connectivity index (χ4v) is 5.84. The lowest BCUT2D eigenvalue weighted by atomic mass is 9.96. The summed E-state index contributed by atoms with van der Waals surface area (Å²) in [7, 11) is -3.48. The fourth-order valence-electron chi connectivity index (χ4n) is 4.62. The highest BCUT2D eigenvalue weighted by molar-refractivity contribution is 7.92. The number of amides is 1. The molecule has 0 N–H and O–H groups in total. The van der Waals surface area contributed by atoms with E-state index in [-0.39, 0.29) is 11.8 Å². The Labute approximate surface area is 197 Å². The molecule has 2 fully saturated rings. The zero-order valence-corrected chi connectivity index (χ0v) is 19.9. The number of carbonyl (C=O) groups excluding carboxylic acids is 1. The molecule has 4 rings (SSSR count). The molecule has 2 saturated heterocycles. The van der Waals surface area contributed by atoms with E-state index in [0.29, 0.717) is 25.9 Å². The molecule has 2 aromatic carbocycles. The van der Waals surface area contributed by atoms with Gasteiger partial charge in [-0.3, -0.25) is 9.69 Å². The van der Waals surface area contributed by atoms with Gasteiger partial charge in [0.15, 0.2) is 0 Å². The van der Waals surface area contributed by atoms with E-state index in [1.807, 2.05) is 41.3 Å². The highest BCUT2D eigenvalue weighted by Crippen LogP contribution is 2.23. The average molecular weight is 468 g/mol. The smallest absolute Gasteiger partial charge is 0.236 e. The lowest BCUT2D eigenvalue weighted by Crippen LogP contribution is -2.44. The maximum absolute atomic E-state index is 13.2. The van der Waals surface area contributed by atoms with Crippen LogP contribution in [0.1, 0.15) is 30.4 Å². The topological polar surface area (TPSA) is 60.9 Å². The van der Waals surface area contributed by atoms with Gasteiger partial charge >= 0.3 is 0 Å². The zero-order chi connectivity index (χ0) is 23.1. The fraction of sp³-hybridized carbons (Fsp3) is 0.423. The summed E-state index contributed by atoms with van der Waals surface area (Å²) >= 11 is 0. The molecule has 0 saturated carbocycles. The van der Waals surface area contributed by atoms with Crippen LogP contribution in [-0.4, -0.2) is 67.7 Å². The van der Waals surface area contributed by atoms with Crippen LogP contribution in [-0.2, 0) is 21.4 Å². The lowest BCUT2D eigenvalue weighted by Gasteiger charge is -2.33. The molecule has 0 atom stereocenters. The first-order valence-electron chi connectivity index (χ1n) is 11.8. The Morgan fingerprint density at radius 1 is 0.848 bits per heavy atom. The van der Waals surface area contributed by atoms with E-state index < -0.39 is 10.0 Å². The third-order valence-electron chi connectivity index (χ3n) is 6.54. The van der Waals surface area contributed by atoms with Crippen molar-refractivity contribution in [3.63, 3.8) is 0 Å². The molecule has 2 heterocycles. The van der Waals surface area contributed by atoms with Crippen molar-refractivity contribution in [1.29, 1.82) is 0 Å². The van der Waals surface area contributed by atoms with Crippen LogP contribution in [0.5, 0.6) is 0 Å². The minimum Gasteiger partial charge on any atom is -0.341 e. The van der Waals surface area contributed by atoms with Gasteiger partial charge in [-0.1, -0.05) is 60.7 Å². The first-order chi connectivity index (χ1) is 16.0. The van der Waals surface area contributed by atoms with E-state index in [4.69, 9.17) is 0 Å². The molecule has 1 amide bonds. The number of benzene rings is 2. The van der Waals surface area contributed by atoms with Crippen molar-refractivity contribution >= 4 is 22.0 Å². The zero-order valence-electron chi connectivity index (χ0n) is 19.1. The van der Waals surface area contributed by atoms with Crippen molar-refractivity contribution in [2.24, 2.45) is 5.92 Å². The third kappa shape index (κ3) is 6.53. The maximum Gasteiger partial charge on any atom is 0.236 e. The second-order valence-electron chi connectivity index (χ2n) is 8.87. The van der Waals surface area contributed by atoms with E-state index in [2.05, 4.69) is 29.2 Å². The highest BCUT2D eigenvalue weighted by Gasteiger charge is 2.32. The highest BCUT2D eigenvalue weighted by atomic mass is 32.2. The molecule has 6 nitrogen and oxygen atoms in total. The van der Waals surface area contributed by atoms with Crippen LogP contribution in [0.4, 0.5) is 0 Å². The van der Waals surface area contributed by atoms with Crippen LogP contribution in [0.2, 0.25) is 0 Å². The normalized spacial score (nSPS) is 19.6. The van der Waals surface area contributed by atoms with E-state index in [1.165, 1.54) is 15.3 Å². The molecule has 2 aliphatic rings. The Hall–Kier alpha value is -2.48. The SMILES string of the molecule is O=C(C1CCN(S(=O)(=O)/C=C/c2ccccc2)CC1)N1CCCN(Cc2ccccc2)CC1. The van der Waals surface area contributed by atoms with Crippen LogP contribution in [0, 0.1) is 5.92 Å². The molecule has 0 aliphatic carbocycles. The first-order valence-corrected chi connectivity index (χ1v) is 13.3. The number of rotatable bonds is 6. The Balaban J connectivity index is 1.27. The summed E-state index contributed by atoms with van der Waals surface area (Å²) < 4.78 is 26.9. The van der Waals surface area contributed by atoms with Crippen molar-refractivity contribution in [1.82, 2.24) is 14.1 Å². The largest absolute Gasteiger partial charge is 0.341 e. The number of hydrogen-bond donors (Lipinski definition) is 0. The second-order valence-corrected chi connectivity index (χ2v) is 10.7. The molecule has 2 aromatic rings. The predicted molar refractivity (Wildman–Crippen MR) is 132 cm³/mol. The van der Waals surface area contributed by atoms with Crippen LogP contribution in [0.15, 0.2) is 66.1 Å². The van der Waals surface area contributed by atoms with E-state index >= 15 is 0 Å².